The van der Waals surface area contributed by atoms with E-state index in [1.807, 2.05) is 0 Å². The Morgan fingerprint density at radius 1 is 1.19 bits per heavy atom. The lowest BCUT2D eigenvalue weighted by molar-refractivity contribution is -0.139. The van der Waals surface area contributed by atoms with Crippen LogP contribution in [-0.2, 0) is 9.59 Å². The van der Waals surface area contributed by atoms with Gasteiger partial charge in [-0.1, -0.05) is 6.92 Å². The monoisotopic (exact) mass is 231 g/mol. The number of rotatable bonds is 6. The summed E-state index contributed by atoms with van der Waals surface area (Å²) in [6, 6.07) is -1.60. The second-order valence-electron chi connectivity index (χ2n) is 3.08. The molecule has 0 aromatic rings. The largest absolute Gasteiger partial charge is 0.480 e. The van der Waals surface area contributed by atoms with Crippen molar-refractivity contribution in [3.05, 3.63) is 0 Å². The Labute approximate surface area is 93.6 Å². The third-order valence-electron chi connectivity index (χ3n) is 1.80. The minimum absolute atomic E-state index is 0.171. The van der Waals surface area contributed by atoms with Crippen LogP contribution in [0.15, 0.2) is 0 Å². The molecular formula is C9H17N3O4. The van der Waals surface area contributed by atoms with Crippen molar-refractivity contribution in [2.45, 2.75) is 26.3 Å². The quantitative estimate of drug-likeness (QED) is 0.484. The Morgan fingerprint density at radius 3 is 2.25 bits per heavy atom. The van der Waals surface area contributed by atoms with Gasteiger partial charge in [0.05, 0.1) is 6.54 Å². The van der Waals surface area contributed by atoms with E-state index in [-0.39, 0.29) is 18.9 Å². The molecule has 0 aliphatic heterocycles. The fraction of sp³-hybridized carbons (Fsp3) is 0.667. The zero-order valence-electron chi connectivity index (χ0n) is 9.37. The fourth-order valence-corrected chi connectivity index (χ4v) is 0.968. The Kier molecular flexibility index (Phi) is 6.66. The lowest BCUT2D eigenvalue weighted by atomic mass is 10.2. The van der Waals surface area contributed by atoms with Gasteiger partial charge in [-0.25, -0.2) is 9.59 Å². The highest BCUT2D eigenvalue weighted by atomic mass is 16.4. The number of likely N-dealkylation sites (N-methyl/N-ethyl adjacent to an activating group) is 1. The van der Waals surface area contributed by atoms with Crippen molar-refractivity contribution in [2.75, 3.05) is 13.1 Å². The van der Waals surface area contributed by atoms with Crippen LogP contribution in [0.2, 0.25) is 0 Å². The summed E-state index contributed by atoms with van der Waals surface area (Å²) in [5.41, 5.74) is 0. The topological polar surface area (TPSA) is 108 Å². The third-order valence-corrected chi connectivity index (χ3v) is 1.80. The number of hydrogen-bond donors (Lipinski definition) is 4. The molecule has 0 bridgehead atoms. The lowest BCUT2D eigenvalue weighted by Crippen LogP contribution is -2.48. The van der Waals surface area contributed by atoms with Crippen LogP contribution in [0.5, 0.6) is 0 Å². The van der Waals surface area contributed by atoms with Gasteiger partial charge in [-0.2, -0.15) is 0 Å². The molecule has 7 heteroatoms. The normalized spacial score (nSPS) is 11.4. The molecule has 0 spiro atoms. The van der Waals surface area contributed by atoms with Crippen LogP contribution in [0.1, 0.15) is 20.3 Å². The molecule has 0 radical (unpaired) electrons. The Morgan fingerprint density at radius 2 is 1.81 bits per heavy atom. The predicted molar refractivity (Wildman–Crippen MR) is 56.9 cm³/mol. The zero-order valence-corrected chi connectivity index (χ0v) is 9.37. The maximum absolute atomic E-state index is 11.2. The van der Waals surface area contributed by atoms with E-state index in [1.165, 1.54) is 0 Å². The van der Waals surface area contributed by atoms with Gasteiger partial charge in [-0.3, -0.25) is 4.79 Å². The van der Waals surface area contributed by atoms with Gasteiger partial charge in [0.2, 0.25) is 5.91 Å². The van der Waals surface area contributed by atoms with Gasteiger partial charge in [0, 0.05) is 6.54 Å². The summed E-state index contributed by atoms with van der Waals surface area (Å²) in [6.07, 6.45) is 0.282. The molecule has 0 saturated heterocycles. The first kappa shape index (κ1) is 14.2. The van der Waals surface area contributed by atoms with Gasteiger partial charge in [0.25, 0.3) is 0 Å². The first-order valence-electron chi connectivity index (χ1n) is 5.05. The second-order valence-corrected chi connectivity index (χ2v) is 3.08. The molecule has 7 nitrogen and oxygen atoms in total. The Hall–Kier alpha value is -1.79. The summed E-state index contributed by atoms with van der Waals surface area (Å²) in [5, 5.41) is 15.7. The van der Waals surface area contributed by atoms with E-state index in [4.69, 9.17) is 5.11 Å². The highest BCUT2D eigenvalue weighted by Crippen LogP contribution is 1.89. The molecule has 0 aromatic carbocycles. The predicted octanol–water partition coefficient (Wildman–Crippen LogP) is -0.715. The first-order chi connectivity index (χ1) is 7.51. The van der Waals surface area contributed by atoms with Gasteiger partial charge in [0.1, 0.15) is 6.04 Å². The number of aliphatic carboxylic acids is 1. The number of amides is 3. The summed E-state index contributed by atoms with van der Waals surface area (Å²) in [6.45, 7) is 3.71. The molecule has 92 valence electrons. The van der Waals surface area contributed by atoms with Crippen LogP contribution in [0.25, 0.3) is 0 Å². The maximum Gasteiger partial charge on any atom is 0.326 e. The minimum Gasteiger partial charge on any atom is -0.480 e. The molecule has 1 unspecified atom stereocenters. The van der Waals surface area contributed by atoms with Crippen LogP contribution in [0.4, 0.5) is 4.79 Å². The van der Waals surface area contributed by atoms with Crippen molar-refractivity contribution in [3.8, 4) is 0 Å². The molecule has 0 saturated carbocycles. The number of nitrogens with one attached hydrogen (secondary N) is 3. The van der Waals surface area contributed by atoms with E-state index in [9.17, 15) is 14.4 Å². The molecule has 0 rings (SSSR count). The molecule has 1 atom stereocenters. The number of carbonyl (C=O) groups excluding carboxylic acids is 2. The van der Waals surface area contributed by atoms with Crippen LogP contribution >= 0.6 is 0 Å². The fourth-order valence-electron chi connectivity index (χ4n) is 0.968. The number of carbonyl (C=O) groups is 3. The molecule has 0 aliphatic rings. The van der Waals surface area contributed by atoms with E-state index in [0.29, 0.717) is 6.54 Å². The maximum atomic E-state index is 11.2. The number of carboxylic acids is 1. The molecule has 0 aromatic heterocycles. The van der Waals surface area contributed by atoms with Crippen LogP contribution < -0.4 is 16.0 Å². The zero-order chi connectivity index (χ0) is 12.6. The molecule has 0 heterocycles. The third kappa shape index (κ3) is 5.84. The van der Waals surface area contributed by atoms with E-state index in [1.54, 1.807) is 13.8 Å². The van der Waals surface area contributed by atoms with Crippen molar-refractivity contribution >= 4 is 17.9 Å². The smallest absolute Gasteiger partial charge is 0.326 e. The van der Waals surface area contributed by atoms with E-state index in [2.05, 4.69) is 16.0 Å². The van der Waals surface area contributed by atoms with Crippen molar-refractivity contribution < 1.29 is 19.5 Å². The summed E-state index contributed by atoms with van der Waals surface area (Å²) in [7, 11) is 0. The molecular weight excluding hydrogens is 214 g/mol. The first-order valence-corrected chi connectivity index (χ1v) is 5.05. The standard InChI is InChI=1S/C9H17N3O4/c1-3-6(8(14)15)12-9(16)11-5-7(13)10-4-2/h6H,3-5H2,1-2H3,(H,10,13)(H,14,15)(H2,11,12,16). The van der Waals surface area contributed by atoms with Gasteiger partial charge in [-0.05, 0) is 13.3 Å². The summed E-state index contributed by atoms with van der Waals surface area (Å²) in [5.74, 6) is -1.42. The van der Waals surface area contributed by atoms with Gasteiger partial charge in [0.15, 0.2) is 0 Å². The lowest BCUT2D eigenvalue weighted by Gasteiger charge is -2.12. The molecule has 0 aliphatic carbocycles. The van der Waals surface area contributed by atoms with E-state index in [0.717, 1.165) is 0 Å². The highest BCUT2D eigenvalue weighted by Gasteiger charge is 2.17. The Bertz CT molecular complexity index is 267. The highest BCUT2D eigenvalue weighted by molar-refractivity contribution is 5.86. The molecule has 3 amide bonds. The van der Waals surface area contributed by atoms with Crippen LogP contribution in [0.3, 0.4) is 0 Å². The second kappa shape index (κ2) is 7.49. The average Bonchev–Trinajstić information content (AvgIpc) is 2.23. The molecule has 0 fully saturated rings. The van der Waals surface area contributed by atoms with Crippen molar-refractivity contribution in [3.63, 3.8) is 0 Å². The molecule has 16 heavy (non-hydrogen) atoms. The number of urea groups is 1. The number of carboxylic acid groups (broad SMARTS) is 1. The molecule has 4 N–H and O–H groups in total. The van der Waals surface area contributed by atoms with Crippen LogP contribution in [-0.4, -0.2) is 42.1 Å². The Balaban J connectivity index is 3.89. The summed E-state index contributed by atoms with van der Waals surface area (Å²) < 4.78 is 0. The SMILES string of the molecule is CCNC(=O)CNC(=O)NC(CC)C(=O)O. The minimum atomic E-state index is -1.10. The van der Waals surface area contributed by atoms with Crippen molar-refractivity contribution in [2.24, 2.45) is 0 Å². The van der Waals surface area contributed by atoms with Gasteiger partial charge < -0.3 is 21.1 Å². The summed E-state index contributed by atoms with van der Waals surface area (Å²) in [4.78, 5) is 32.7. The van der Waals surface area contributed by atoms with E-state index < -0.39 is 18.0 Å². The van der Waals surface area contributed by atoms with Gasteiger partial charge >= 0.3 is 12.0 Å². The van der Waals surface area contributed by atoms with Crippen molar-refractivity contribution in [1.29, 1.82) is 0 Å². The number of hydrogen-bond acceptors (Lipinski definition) is 3. The van der Waals surface area contributed by atoms with E-state index >= 15 is 0 Å². The van der Waals surface area contributed by atoms with Crippen LogP contribution in [0, 0.1) is 0 Å². The van der Waals surface area contributed by atoms with Gasteiger partial charge in [-0.15, -0.1) is 0 Å². The summed E-state index contributed by atoms with van der Waals surface area (Å²) >= 11 is 0. The van der Waals surface area contributed by atoms with Crippen molar-refractivity contribution in [1.82, 2.24) is 16.0 Å². The average molecular weight is 231 g/mol.